The van der Waals surface area contributed by atoms with E-state index in [0.29, 0.717) is 40.1 Å². The number of carbonyl (C=O) groups is 1. The summed E-state index contributed by atoms with van der Waals surface area (Å²) in [6, 6.07) is 10.6. The van der Waals surface area contributed by atoms with E-state index in [9.17, 15) is 4.79 Å². The SMILES string of the molecule is COc1ccc(-c2noc(COC(=O)CO/N=C(\C)c3ccc4c(c3)OCO4)n2)c(OC)c1. The second-order valence-corrected chi connectivity index (χ2v) is 6.76. The summed E-state index contributed by atoms with van der Waals surface area (Å²) in [5.41, 5.74) is 1.95. The van der Waals surface area contributed by atoms with Gasteiger partial charge in [-0.2, -0.15) is 4.98 Å². The minimum Gasteiger partial charge on any atom is -0.497 e. The Hall–Kier alpha value is -4.28. The van der Waals surface area contributed by atoms with Gasteiger partial charge in [-0.05, 0) is 37.3 Å². The molecule has 2 aromatic carbocycles. The average molecular weight is 455 g/mol. The van der Waals surface area contributed by atoms with Crippen molar-refractivity contribution in [2.75, 3.05) is 27.6 Å². The molecule has 4 rings (SSSR count). The summed E-state index contributed by atoms with van der Waals surface area (Å²) in [6.07, 6.45) is 0. The molecule has 0 N–H and O–H groups in total. The van der Waals surface area contributed by atoms with Gasteiger partial charge in [-0.25, -0.2) is 4.79 Å². The first kappa shape index (κ1) is 21.9. The standard InChI is InChI=1S/C22H21N3O8/c1-13(14-4-7-17-19(8-14)31-12-30-17)24-32-11-21(26)29-10-20-23-22(25-33-20)16-6-5-15(27-2)9-18(16)28-3/h4-9H,10-12H2,1-3H3/b24-13+. The molecule has 0 spiro atoms. The first-order valence-electron chi connectivity index (χ1n) is 9.84. The van der Waals surface area contributed by atoms with Gasteiger partial charge < -0.3 is 33.0 Å². The van der Waals surface area contributed by atoms with Crippen molar-refractivity contribution in [2.45, 2.75) is 13.5 Å². The minimum atomic E-state index is -0.640. The third-order valence-corrected chi connectivity index (χ3v) is 4.65. The van der Waals surface area contributed by atoms with Gasteiger partial charge in [0.2, 0.25) is 19.2 Å². The molecule has 0 fully saturated rings. The van der Waals surface area contributed by atoms with Crippen LogP contribution < -0.4 is 18.9 Å². The molecule has 172 valence electrons. The van der Waals surface area contributed by atoms with Crippen LogP contribution in [0.2, 0.25) is 0 Å². The van der Waals surface area contributed by atoms with Crippen molar-refractivity contribution in [1.29, 1.82) is 0 Å². The quantitative estimate of drug-likeness (QED) is 0.270. The topological polar surface area (TPSA) is 124 Å². The van der Waals surface area contributed by atoms with Crippen molar-refractivity contribution < 1.29 is 37.8 Å². The van der Waals surface area contributed by atoms with Crippen molar-refractivity contribution in [3.05, 3.63) is 47.9 Å². The summed E-state index contributed by atoms with van der Waals surface area (Å²) < 4.78 is 31.4. The Morgan fingerprint density at radius 3 is 2.76 bits per heavy atom. The number of hydrogen-bond donors (Lipinski definition) is 0. The van der Waals surface area contributed by atoms with Crippen LogP contribution in [0.3, 0.4) is 0 Å². The molecule has 1 aliphatic heterocycles. The number of aromatic nitrogens is 2. The summed E-state index contributed by atoms with van der Waals surface area (Å²) in [6.45, 7) is 1.34. The van der Waals surface area contributed by atoms with Crippen LogP contribution >= 0.6 is 0 Å². The summed E-state index contributed by atoms with van der Waals surface area (Å²) in [4.78, 5) is 21.3. The van der Waals surface area contributed by atoms with E-state index < -0.39 is 5.97 Å². The van der Waals surface area contributed by atoms with Crippen LogP contribution in [0, 0.1) is 0 Å². The fourth-order valence-corrected chi connectivity index (χ4v) is 2.95. The number of rotatable bonds is 9. The lowest BCUT2D eigenvalue weighted by molar-refractivity contribution is -0.151. The van der Waals surface area contributed by atoms with Gasteiger partial charge in [0.05, 0.1) is 25.5 Å². The van der Waals surface area contributed by atoms with Gasteiger partial charge >= 0.3 is 5.97 Å². The van der Waals surface area contributed by atoms with Gasteiger partial charge in [0.25, 0.3) is 5.89 Å². The molecule has 33 heavy (non-hydrogen) atoms. The number of benzene rings is 2. The van der Waals surface area contributed by atoms with E-state index in [-0.39, 0.29) is 25.9 Å². The number of esters is 1. The minimum absolute atomic E-state index is 0.122. The summed E-state index contributed by atoms with van der Waals surface area (Å²) in [5.74, 6) is 2.22. The molecule has 1 aliphatic rings. The molecular formula is C22H21N3O8. The van der Waals surface area contributed by atoms with Crippen molar-refractivity contribution >= 4 is 11.7 Å². The van der Waals surface area contributed by atoms with E-state index in [2.05, 4.69) is 15.3 Å². The molecule has 11 nitrogen and oxygen atoms in total. The Labute approximate surface area is 188 Å². The van der Waals surface area contributed by atoms with E-state index in [4.69, 9.17) is 33.0 Å². The van der Waals surface area contributed by atoms with Gasteiger partial charge in [-0.3, -0.25) is 0 Å². The second-order valence-electron chi connectivity index (χ2n) is 6.76. The van der Waals surface area contributed by atoms with Gasteiger partial charge in [-0.1, -0.05) is 10.3 Å². The third kappa shape index (κ3) is 5.14. The maximum Gasteiger partial charge on any atom is 0.347 e. The van der Waals surface area contributed by atoms with Crippen LogP contribution in [-0.4, -0.2) is 49.4 Å². The van der Waals surface area contributed by atoms with Crippen LogP contribution in [0.25, 0.3) is 11.4 Å². The number of oxime groups is 1. The first-order chi connectivity index (χ1) is 16.1. The molecule has 2 heterocycles. The Balaban J connectivity index is 1.28. The first-order valence-corrected chi connectivity index (χ1v) is 9.84. The zero-order chi connectivity index (χ0) is 23.2. The smallest absolute Gasteiger partial charge is 0.347 e. The Kier molecular flexibility index (Phi) is 6.58. The van der Waals surface area contributed by atoms with E-state index >= 15 is 0 Å². The summed E-state index contributed by atoms with van der Waals surface area (Å²) in [7, 11) is 3.08. The number of methoxy groups -OCH3 is 2. The van der Waals surface area contributed by atoms with E-state index in [1.165, 1.54) is 7.11 Å². The van der Waals surface area contributed by atoms with Crippen LogP contribution in [0.15, 0.2) is 46.1 Å². The van der Waals surface area contributed by atoms with Crippen LogP contribution in [0.4, 0.5) is 0 Å². The predicted octanol–water partition coefficient (Wildman–Crippen LogP) is 2.97. The van der Waals surface area contributed by atoms with E-state index in [0.717, 1.165) is 5.56 Å². The van der Waals surface area contributed by atoms with Crippen LogP contribution in [0.1, 0.15) is 18.4 Å². The molecule has 0 aliphatic carbocycles. The predicted molar refractivity (Wildman–Crippen MR) is 113 cm³/mol. The fourth-order valence-electron chi connectivity index (χ4n) is 2.95. The zero-order valence-electron chi connectivity index (χ0n) is 18.2. The number of ether oxygens (including phenoxy) is 5. The van der Waals surface area contributed by atoms with Gasteiger partial charge in [0.15, 0.2) is 18.1 Å². The molecule has 3 aromatic rings. The Morgan fingerprint density at radius 1 is 1.09 bits per heavy atom. The van der Waals surface area contributed by atoms with Crippen molar-refractivity contribution in [3.8, 4) is 34.4 Å². The summed E-state index contributed by atoms with van der Waals surface area (Å²) >= 11 is 0. The Morgan fingerprint density at radius 2 is 1.94 bits per heavy atom. The highest BCUT2D eigenvalue weighted by Gasteiger charge is 2.16. The van der Waals surface area contributed by atoms with Crippen molar-refractivity contribution in [1.82, 2.24) is 10.1 Å². The lowest BCUT2D eigenvalue weighted by Gasteiger charge is -2.07. The molecule has 0 bridgehead atoms. The maximum atomic E-state index is 12.0. The third-order valence-electron chi connectivity index (χ3n) is 4.65. The monoisotopic (exact) mass is 455 g/mol. The van der Waals surface area contributed by atoms with Crippen LogP contribution in [-0.2, 0) is 21.0 Å². The van der Waals surface area contributed by atoms with Gasteiger partial charge in [0, 0.05) is 11.6 Å². The number of fused-ring (bicyclic) bond motifs is 1. The second kappa shape index (κ2) is 9.90. The number of hydrogen-bond acceptors (Lipinski definition) is 11. The van der Waals surface area contributed by atoms with Gasteiger partial charge in [-0.15, -0.1) is 0 Å². The molecule has 0 radical (unpaired) electrons. The van der Waals surface area contributed by atoms with Crippen molar-refractivity contribution in [2.24, 2.45) is 5.16 Å². The number of carbonyl (C=O) groups excluding carboxylic acids is 1. The molecule has 11 heteroatoms. The molecule has 0 amide bonds. The largest absolute Gasteiger partial charge is 0.497 e. The molecule has 0 unspecified atom stereocenters. The molecule has 1 aromatic heterocycles. The molecule has 0 saturated carbocycles. The average Bonchev–Trinajstić information content (AvgIpc) is 3.51. The fraction of sp³-hybridized carbons (Fsp3) is 0.273. The van der Waals surface area contributed by atoms with Crippen molar-refractivity contribution in [3.63, 3.8) is 0 Å². The maximum absolute atomic E-state index is 12.0. The van der Waals surface area contributed by atoms with E-state index in [1.807, 2.05) is 6.07 Å². The van der Waals surface area contributed by atoms with Crippen LogP contribution in [0.5, 0.6) is 23.0 Å². The molecule has 0 saturated heterocycles. The zero-order valence-corrected chi connectivity index (χ0v) is 18.2. The Bertz CT molecular complexity index is 1170. The number of nitrogens with zero attached hydrogens (tertiary/aromatic N) is 3. The normalized spacial score (nSPS) is 12.4. The highest BCUT2D eigenvalue weighted by atomic mass is 16.7. The highest BCUT2D eigenvalue weighted by Crippen LogP contribution is 2.33. The lowest BCUT2D eigenvalue weighted by Crippen LogP contribution is -2.11. The summed E-state index contributed by atoms with van der Waals surface area (Å²) in [5, 5.41) is 7.84. The van der Waals surface area contributed by atoms with Gasteiger partial charge in [0.1, 0.15) is 11.5 Å². The van der Waals surface area contributed by atoms with E-state index in [1.54, 1.807) is 44.4 Å². The lowest BCUT2D eigenvalue weighted by atomic mass is 10.1. The molecular weight excluding hydrogens is 434 g/mol. The highest BCUT2D eigenvalue weighted by molar-refractivity contribution is 5.99. The molecule has 0 atom stereocenters.